The fourth-order valence-corrected chi connectivity index (χ4v) is 0.760. The molecule has 0 saturated carbocycles. The van der Waals surface area contributed by atoms with Crippen LogP contribution in [0.5, 0.6) is 0 Å². The van der Waals surface area contributed by atoms with Crippen LogP contribution in [0.3, 0.4) is 0 Å². The van der Waals surface area contributed by atoms with Gasteiger partial charge in [0.15, 0.2) is 5.69 Å². The number of hydrogen-bond acceptors (Lipinski definition) is 5. The van der Waals surface area contributed by atoms with Gasteiger partial charge >= 0.3 is 12.1 Å². The van der Waals surface area contributed by atoms with E-state index in [0.717, 1.165) is 7.11 Å². The quantitative estimate of drug-likeness (QED) is 0.701. The van der Waals surface area contributed by atoms with Crippen molar-refractivity contribution in [2.75, 3.05) is 12.8 Å². The molecule has 0 spiro atoms. The lowest BCUT2D eigenvalue weighted by Gasteiger charge is -2.02. The van der Waals surface area contributed by atoms with Gasteiger partial charge in [-0.3, -0.25) is 0 Å². The number of nitrogen functional groups attached to an aromatic ring is 1. The van der Waals surface area contributed by atoms with Gasteiger partial charge < -0.3 is 14.9 Å². The Balaban J connectivity index is 3.23. The normalized spacial score (nSPS) is 11.4. The van der Waals surface area contributed by atoms with Gasteiger partial charge in [-0.15, -0.1) is 0 Å². The minimum atomic E-state index is -4.80. The van der Waals surface area contributed by atoms with E-state index in [2.05, 4.69) is 14.1 Å². The maximum atomic E-state index is 12.2. The second kappa shape index (κ2) is 3.20. The number of carbonyl (C=O) groups excluding carboxylic acids is 1. The van der Waals surface area contributed by atoms with Gasteiger partial charge in [0.2, 0.25) is 5.76 Å². The third-order valence-corrected chi connectivity index (χ3v) is 1.28. The van der Waals surface area contributed by atoms with Crippen LogP contribution in [0.15, 0.2) is 4.42 Å². The summed E-state index contributed by atoms with van der Waals surface area (Å²) >= 11 is 0. The molecule has 14 heavy (non-hydrogen) atoms. The Bertz CT molecular complexity index is 358. The zero-order chi connectivity index (χ0) is 10.9. The molecule has 0 aliphatic heterocycles. The van der Waals surface area contributed by atoms with E-state index in [0.29, 0.717) is 0 Å². The molecule has 5 nitrogen and oxygen atoms in total. The van der Waals surface area contributed by atoms with Crippen LogP contribution >= 0.6 is 0 Å². The van der Waals surface area contributed by atoms with Crippen LogP contribution < -0.4 is 5.73 Å². The van der Waals surface area contributed by atoms with Crippen molar-refractivity contribution < 1.29 is 27.1 Å². The molecule has 0 unspecified atom stereocenters. The summed E-state index contributed by atoms with van der Waals surface area (Å²) in [6.07, 6.45) is -4.80. The maximum Gasteiger partial charge on any atom is 0.437 e. The maximum absolute atomic E-state index is 12.2. The summed E-state index contributed by atoms with van der Waals surface area (Å²) in [7, 11) is 0.918. The summed E-state index contributed by atoms with van der Waals surface area (Å²) in [4.78, 5) is 13.6. The Labute approximate surface area is 75.7 Å². The van der Waals surface area contributed by atoms with E-state index >= 15 is 0 Å². The summed E-state index contributed by atoms with van der Waals surface area (Å²) in [5.41, 5.74) is 3.40. The van der Waals surface area contributed by atoms with Crippen molar-refractivity contribution in [2.45, 2.75) is 6.18 Å². The lowest BCUT2D eigenvalue weighted by atomic mass is 10.3. The second-order valence-electron chi connectivity index (χ2n) is 2.22. The first-order valence-corrected chi connectivity index (χ1v) is 3.28. The van der Waals surface area contributed by atoms with Crippen LogP contribution in [0.25, 0.3) is 0 Å². The Morgan fingerprint density at radius 3 is 2.57 bits per heavy atom. The third kappa shape index (κ3) is 1.78. The van der Waals surface area contributed by atoms with Crippen molar-refractivity contribution in [3.63, 3.8) is 0 Å². The standard InChI is InChI=1S/C6H5F3N2O3/c1-13-4(12)2-3(6(7,8)9)11-5(10)14-2/h1H3,(H2,10,11). The molecule has 0 fully saturated rings. The van der Waals surface area contributed by atoms with E-state index in [1.54, 1.807) is 0 Å². The largest absolute Gasteiger partial charge is 0.463 e. The molecule has 1 aromatic rings. The molecule has 8 heteroatoms. The number of ether oxygens (including phenoxy) is 1. The van der Waals surface area contributed by atoms with Crippen molar-refractivity contribution in [3.05, 3.63) is 11.5 Å². The lowest BCUT2D eigenvalue weighted by Crippen LogP contribution is -2.13. The third-order valence-electron chi connectivity index (χ3n) is 1.28. The van der Waals surface area contributed by atoms with Gasteiger partial charge in [-0.25, -0.2) is 4.79 Å². The summed E-state index contributed by atoms with van der Waals surface area (Å²) < 4.78 is 44.8. The lowest BCUT2D eigenvalue weighted by molar-refractivity contribution is -0.141. The Hall–Kier alpha value is -1.73. The molecule has 0 aromatic carbocycles. The van der Waals surface area contributed by atoms with E-state index in [-0.39, 0.29) is 0 Å². The smallest absolute Gasteiger partial charge is 0.437 e. The van der Waals surface area contributed by atoms with Crippen molar-refractivity contribution >= 4 is 12.0 Å². The fourth-order valence-electron chi connectivity index (χ4n) is 0.760. The second-order valence-corrected chi connectivity index (χ2v) is 2.22. The van der Waals surface area contributed by atoms with E-state index in [4.69, 9.17) is 5.73 Å². The van der Waals surface area contributed by atoms with Crippen molar-refractivity contribution in [1.82, 2.24) is 4.98 Å². The van der Waals surface area contributed by atoms with Crippen molar-refractivity contribution in [1.29, 1.82) is 0 Å². The minimum Gasteiger partial charge on any atom is -0.463 e. The number of carbonyl (C=O) groups is 1. The Morgan fingerprint density at radius 1 is 1.57 bits per heavy atom. The highest BCUT2D eigenvalue weighted by molar-refractivity contribution is 5.87. The number of rotatable bonds is 1. The molecule has 2 N–H and O–H groups in total. The number of oxazole rings is 1. The molecule has 0 bridgehead atoms. The molecule has 0 saturated heterocycles. The average Bonchev–Trinajstić information content (AvgIpc) is 2.45. The number of esters is 1. The van der Waals surface area contributed by atoms with Crippen molar-refractivity contribution in [2.24, 2.45) is 0 Å². The minimum absolute atomic E-state index is 0.738. The van der Waals surface area contributed by atoms with Crippen LogP contribution in [0.2, 0.25) is 0 Å². The molecule has 0 radical (unpaired) electrons. The van der Waals surface area contributed by atoms with Gasteiger partial charge in [0.25, 0.3) is 6.01 Å². The predicted octanol–water partition coefficient (Wildman–Crippen LogP) is 1.06. The first-order valence-electron chi connectivity index (χ1n) is 3.28. The Morgan fingerprint density at radius 2 is 2.14 bits per heavy atom. The monoisotopic (exact) mass is 210 g/mol. The first kappa shape index (κ1) is 10.4. The van der Waals surface area contributed by atoms with Crippen LogP contribution in [0.4, 0.5) is 19.2 Å². The summed E-state index contributed by atoms with van der Waals surface area (Å²) in [6.45, 7) is 0. The van der Waals surface area contributed by atoms with Crippen LogP contribution in [-0.4, -0.2) is 18.1 Å². The highest BCUT2D eigenvalue weighted by atomic mass is 19.4. The number of alkyl halides is 3. The molecule has 0 aliphatic rings. The SMILES string of the molecule is COC(=O)c1oc(N)nc1C(F)(F)F. The number of nitrogens with zero attached hydrogens (tertiary/aromatic N) is 1. The van der Waals surface area contributed by atoms with Crippen LogP contribution in [0.1, 0.15) is 16.2 Å². The fraction of sp³-hybridized carbons (Fsp3) is 0.333. The van der Waals surface area contributed by atoms with Gasteiger partial charge in [-0.05, 0) is 0 Å². The predicted molar refractivity (Wildman–Crippen MR) is 37.3 cm³/mol. The summed E-state index contributed by atoms with van der Waals surface area (Å²) in [5, 5.41) is 0. The zero-order valence-electron chi connectivity index (χ0n) is 6.88. The van der Waals surface area contributed by atoms with E-state index in [1.807, 2.05) is 0 Å². The summed E-state index contributed by atoms with van der Waals surface area (Å²) in [6, 6.07) is -0.738. The van der Waals surface area contributed by atoms with Gasteiger partial charge in [0.1, 0.15) is 0 Å². The molecule has 0 aliphatic carbocycles. The molecule has 1 aromatic heterocycles. The highest BCUT2D eigenvalue weighted by Gasteiger charge is 2.41. The van der Waals surface area contributed by atoms with E-state index < -0.39 is 29.6 Å². The van der Waals surface area contributed by atoms with Crippen molar-refractivity contribution in [3.8, 4) is 0 Å². The number of nitrogens with two attached hydrogens (primary N) is 1. The number of anilines is 1. The first-order chi connectivity index (χ1) is 6.36. The molecule has 0 atom stereocenters. The van der Waals surface area contributed by atoms with Gasteiger partial charge in [-0.2, -0.15) is 18.2 Å². The molecule has 1 heterocycles. The van der Waals surface area contributed by atoms with E-state index in [9.17, 15) is 18.0 Å². The molecule has 78 valence electrons. The molecular weight excluding hydrogens is 205 g/mol. The number of methoxy groups -OCH3 is 1. The average molecular weight is 210 g/mol. The highest BCUT2D eigenvalue weighted by Crippen LogP contribution is 2.32. The summed E-state index contributed by atoms with van der Waals surface area (Å²) in [5.74, 6) is -2.32. The molecule has 0 amide bonds. The molecule has 1 rings (SSSR count). The van der Waals surface area contributed by atoms with Crippen LogP contribution in [-0.2, 0) is 10.9 Å². The van der Waals surface area contributed by atoms with Gasteiger partial charge in [0, 0.05) is 0 Å². The number of aromatic nitrogens is 1. The number of hydrogen-bond donors (Lipinski definition) is 1. The van der Waals surface area contributed by atoms with Gasteiger partial charge in [0.05, 0.1) is 7.11 Å². The van der Waals surface area contributed by atoms with Crippen LogP contribution in [0, 0.1) is 0 Å². The molecular formula is C6H5F3N2O3. The topological polar surface area (TPSA) is 78.3 Å². The van der Waals surface area contributed by atoms with E-state index in [1.165, 1.54) is 0 Å². The number of halogens is 3. The zero-order valence-corrected chi connectivity index (χ0v) is 6.88. The Kier molecular flexibility index (Phi) is 2.37. The van der Waals surface area contributed by atoms with Gasteiger partial charge in [-0.1, -0.05) is 0 Å².